The first-order valence-corrected chi connectivity index (χ1v) is 7.47. The van der Waals surface area contributed by atoms with Gasteiger partial charge in [-0.1, -0.05) is 30.3 Å². The fraction of sp³-hybridized carbons (Fsp3) is 0.222. The van der Waals surface area contributed by atoms with Crippen LogP contribution in [0.3, 0.4) is 0 Å². The molecule has 1 N–H and O–H groups in total. The number of amides is 2. The molecule has 2 amide bonds. The van der Waals surface area contributed by atoms with E-state index in [9.17, 15) is 9.59 Å². The second kappa shape index (κ2) is 6.62. The van der Waals surface area contributed by atoms with Crippen molar-refractivity contribution in [2.75, 3.05) is 12.0 Å². The van der Waals surface area contributed by atoms with Gasteiger partial charge in [-0.25, -0.2) is 4.90 Å². The van der Waals surface area contributed by atoms with Crippen molar-refractivity contribution >= 4 is 17.5 Å². The number of para-hydroxylation sites is 1. The molecule has 1 saturated heterocycles. The standard InChI is InChI=1S/C18H18N2O3/c1-23-15-9-7-13(8-10-15)12-19-16-11-17(21)20(18(16)22)14-5-3-2-4-6-14/h2-10,16,19H,11-12H2,1H3/t16-/m1/s1. The summed E-state index contributed by atoms with van der Waals surface area (Å²) in [7, 11) is 1.62. The van der Waals surface area contributed by atoms with Crippen molar-refractivity contribution in [3.8, 4) is 5.75 Å². The van der Waals surface area contributed by atoms with Gasteiger partial charge in [-0.05, 0) is 29.8 Å². The van der Waals surface area contributed by atoms with E-state index in [1.54, 1.807) is 19.2 Å². The number of ether oxygens (including phenoxy) is 1. The Morgan fingerprint density at radius 3 is 2.43 bits per heavy atom. The Kier molecular flexibility index (Phi) is 4.39. The van der Waals surface area contributed by atoms with Crippen molar-refractivity contribution in [2.45, 2.75) is 19.0 Å². The van der Waals surface area contributed by atoms with E-state index in [-0.39, 0.29) is 18.2 Å². The largest absolute Gasteiger partial charge is 0.497 e. The molecule has 1 aliphatic heterocycles. The van der Waals surface area contributed by atoms with Crippen molar-refractivity contribution in [3.05, 3.63) is 60.2 Å². The molecule has 1 aliphatic rings. The highest BCUT2D eigenvalue weighted by atomic mass is 16.5. The summed E-state index contributed by atoms with van der Waals surface area (Å²) in [5, 5.41) is 3.16. The zero-order valence-corrected chi connectivity index (χ0v) is 12.9. The van der Waals surface area contributed by atoms with Crippen LogP contribution < -0.4 is 15.0 Å². The summed E-state index contributed by atoms with van der Waals surface area (Å²) in [5.41, 5.74) is 1.65. The summed E-state index contributed by atoms with van der Waals surface area (Å²) in [6.45, 7) is 0.524. The first kappa shape index (κ1) is 15.2. The number of hydrogen-bond acceptors (Lipinski definition) is 4. The molecule has 118 valence electrons. The molecular weight excluding hydrogens is 292 g/mol. The smallest absolute Gasteiger partial charge is 0.251 e. The van der Waals surface area contributed by atoms with Gasteiger partial charge in [-0.15, -0.1) is 0 Å². The quantitative estimate of drug-likeness (QED) is 0.860. The van der Waals surface area contributed by atoms with Crippen molar-refractivity contribution in [2.24, 2.45) is 0 Å². The molecule has 0 saturated carbocycles. The van der Waals surface area contributed by atoms with Crippen LogP contribution in [0.5, 0.6) is 5.75 Å². The van der Waals surface area contributed by atoms with E-state index in [2.05, 4.69) is 5.32 Å². The van der Waals surface area contributed by atoms with E-state index in [1.165, 1.54) is 4.90 Å². The first-order chi connectivity index (χ1) is 11.2. The van der Waals surface area contributed by atoms with Crippen LogP contribution in [0.15, 0.2) is 54.6 Å². The Bertz CT molecular complexity index is 698. The predicted molar refractivity (Wildman–Crippen MR) is 87.2 cm³/mol. The lowest BCUT2D eigenvalue weighted by Gasteiger charge is -2.15. The van der Waals surface area contributed by atoms with Gasteiger partial charge in [0.1, 0.15) is 5.75 Å². The van der Waals surface area contributed by atoms with Gasteiger partial charge in [0.25, 0.3) is 5.91 Å². The van der Waals surface area contributed by atoms with E-state index in [4.69, 9.17) is 4.74 Å². The Balaban J connectivity index is 1.65. The normalized spacial score (nSPS) is 17.6. The highest BCUT2D eigenvalue weighted by molar-refractivity contribution is 6.22. The van der Waals surface area contributed by atoms with Crippen LogP contribution in [0.2, 0.25) is 0 Å². The van der Waals surface area contributed by atoms with Crippen LogP contribution in [0.1, 0.15) is 12.0 Å². The Hall–Kier alpha value is -2.66. The molecule has 5 nitrogen and oxygen atoms in total. The third-order valence-electron chi connectivity index (χ3n) is 3.87. The van der Waals surface area contributed by atoms with E-state index in [0.29, 0.717) is 12.2 Å². The van der Waals surface area contributed by atoms with Gasteiger partial charge in [0.15, 0.2) is 0 Å². The second-order valence-electron chi connectivity index (χ2n) is 5.39. The summed E-state index contributed by atoms with van der Waals surface area (Å²) < 4.78 is 5.12. The molecule has 0 unspecified atom stereocenters. The summed E-state index contributed by atoms with van der Waals surface area (Å²) in [5.74, 6) is 0.416. The molecule has 1 fully saturated rings. The van der Waals surface area contributed by atoms with Crippen LogP contribution in [0.25, 0.3) is 0 Å². The van der Waals surface area contributed by atoms with Gasteiger partial charge in [0.05, 0.1) is 25.3 Å². The zero-order valence-electron chi connectivity index (χ0n) is 12.9. The molecule has 3 rings (SSSR count). The third kappa shape index (κ3) is 3.24. The number of carbonyl (C=O) groups is 2. The van der Waals surface area contributed by atoms with Crippen molar-refractivity contribution in [1.82, 2.24) is 5.32 Å². The van der Waals surface area contributed by atoms with Gasteiger partial charge in [0, 0.05) is 6.54 Å². The average Bonchev–Trinajstić information content (AvgIpc) is 2.88. The van der Waals surface area contributed by atoms with Gasteiger partial charge in [-0.2, -0.15) is 0 Å². The number of methoxy groups -OCH3 is 1. The number of nitrogens with one attached hydrogen (secondary N) is 1. The molecule has 5 heteroatoms. The van der Waals surface area contributed by atoms with E-state index in [1.807, 2.05) is 42.5 Å². The van der Waals surface area contributed by atoms with Crippen molar-refractivity contribution in [3.63, 3.8) is 0 Å². The molecule has 0 radical (unpaired) electrons. The van der Waals surface area contributed by atoms with Crippen LogP contribution in [0, 0.1) is 0 Å². The number of hydrogen-bond donors (Lipinski definition) is 1. The molecular formula is C18H18N2O3. The molecule has 2 aromatic rings. The van der Waals surface area contributed by atoms with Gasteiger partial charge in [-0.3, -0.25) is 9.59 Å². The van der Waals surface area contributed by atoms with Crippen LogP contribution in [-0.4, -0.2) is 25.0 Å². The molecule has 0 spiro atoms. The highest BCUT2D eigenvalue weighted by Gasteiger charge is 2.39. The van der Waals surface area contributed by atoms with Crippen LogP contribution >= 0.6 is 0 Å². The number of carbonyl (C=O) groups excluding carboxylic acids is 2. The maximum Gasteiger partial charge on any atom is 0.251 e. The summed E-state index contributed by atoms with van der Waals surface area (Å²) in [6.07, 6.45) is 0.184. The van der Waals surface area contributed by atoms with E-state index >= 15 is 0 Å². The van der Waals surface area contributed by atoms with Crippen LogP contribution in [-0.2, 0) is 16.1 Å². The van der Waals surface area contributed by atoms with Crippen molar-refractivity contribution < 1.29 is 14.3 Å². The Morgan fingerprint density at radius 1 is 1.09 bits per heavy atom. The molecule has 0 bridgehead atoms. The molecule has 1 heterocycles. The number of anilines is 1. The zero-order chi connectivity index (χ0) is 16.2. The topological polar surface area (TPSA) is 58.6 Å². The SMILES string of the molecule is COc1ccc(CN[C@@H]2CC(=O)N(c3ccccc3)C2=O)cc1. The van der Waals surface area contributed by atoms with E-state index < -0.39 is 6.04 Å². The average molecular weight is 310 g/mol. The predicted octanol–water partition coefficient (Wildman–Crippen LogP) is 2.12. The maximum absolute atomic E-state index is 12.5. The van der Waals surface area contributed by atoms with Crippen molar-refractivity contribution in [1.29, 1.82) is 0 Å². The summed E-state index contributed by atoms with van der Waals surface area (Å²) in [4.78, 5) is 25.9. The lowest BCUT2D eigenvalue weighted by molar-refractivity contribution is -0.121. The lowest BCUT2D eigenvalue weighted by atomic mass is 10.2. The second-order valence-corrected chi connectivity index (χ2v) is 5.39. The lowest BCUT2D eigenvalue weighted by Crippen LogP contribution is -2.38. The highest BCUT2D eigenvalue weighted by Crippen LogP contribution is 2.22. The Morgan fingerprint density at radius 2 is 1.78 bits per heavy atom. The number of nitrogens with zero attached hydrogens (tertiary/aromatic N) is 1. The summed E-state index contributed by atoms with van der Waals surface area (Å²) >= 11 is 0. The fourth-order valence-electron chi connectivity index (χ4n) is 2.62. The Labute approximate surface area is 134 Å². The number of rotatable bonds is 5. The van der Waals surface area contributed by atoms with Gasteiger partial charge < -0.3 is 10.1 Å². The van der Waals surface area contributed by atoms with E-state index in [0.717, 1.165) is 11.3 Å². The van der Waals surface area contributed by atoms with Gasteiger partial charge in [0.2, 0.25) is 5.91 Å². The molecule has 2 aromatic carbocycles. The third-order valence-corrected chi connectivity index (χ3v) is 3.87. The summed E-state index contributed by atoms with van der Waals surface area (Å²) in [6, 6.07) is 16.1. The first-order valence-electron chi connectivity index (χ1n) is 7.47. The monoisotopic (exact) mass is 310 g/mol. The maximum atomic E-state index is 12.5. The minimum Gasteiger partial charge on any atom is -0.497 e. The minimum absolute atomic E-state index is 0.173. The molecule has 23 heavy (non-hydrogen) atoms. The minimum atomic E-state index is -0.482. The molecule has 0 aromatic heterocycles. The number of imide groups is 1. The van der Waals surface area contributed by atoms with Crippen LogP contribution in [0.4, 0.5) is 5.69 Å². The molecule has 0 aliphatic carbocycles. The number of benzene rings is 2. The van der Waals surface area contributed by atoms with Gasteiger partial charge >= 0.3 is 0 Å². The fourth-order valence-corrected chi connectivity index (χ4v) is 2.62. The molecule has 1 atom stereocenters.